The van der Waals surface area contributed by atoms with Crippen molar-refractivity contribution in [3.8, 4) is 0 Å². The molecule has 6 nitrogen and oxygen atoms in total. The molecule has 2 aromatic rings. The van der Waals surface area contributed by atoms with E-state index in [1.807, 2.05) is 31.2 Å². The van der Waals surface area contributed by atoms with Crippen LogP contribution in [0.25, 0.3) is 0 Å². The van der Waals surface area contributed by atoms with E-state index in [4.69, 9.17) is 5.73 Å². The van der Waals surface area contributed by atoms with Crippen molar-refractivity contribution in [3.05, 3.63) is 59.7 Å². The zero-order valence-corrected chi connectivity index (χ0v) is 17.7. The van der Waals surface area contributed by atoms with E-state index in [0.29, 0.717) is 24.3 Å². The number of nitrogens with two attached hydrogens (primary N) is 1. The molecular formula is C20H26ClN3O3S. The van der Waals surface area contributed by atoms with E-state index in [1.165, 1.54) is 21.3 Å². The summed E-state index contributed by atoms with van der Waals surface area (Å²) in [7, 11) is -2.08. The number of hydrogen-bond donors (Lipinski definition) is 1. The van der Waals surface area contributed by atoms with Gasteiger partial charge in [0.05, 0.1) is 10.6 Å². The predicted molar refractivity (Wildman–Crippen MR) is 114 cm³/mol. The molecule has 1 heterocycles. The number of hydrogen-bond acceptors (Lipinski definition) is 4. The van der Waals surface area contributed by atoms with Crippen molar-refractivity contribution in [3.63, 3.8) is 0 Å². The molecule has 0 bridgehead atoms. The molecule has 1 atom stereocenters. The molecule has 0 aromatic heterocycles. The first-order valence-corrected chi connectivity index (χ1v) is 10.5. The van der Waals surface area contributed by atoms with Crippen LogP contribution in [0.4, 0.5) is 5.69 Å². The van der Waals surface area contributed by atoms with Gasteiger partial charge in [-0.25, -0.2) is 8.42 Å². The molecule has 1 aliphatic rings. The van der Waals surface area contributed by atoms with Crippen molar-refractivity contribution in [2.75, 3.05) is 24.4 Å². The summed E-state index contributed by atoms with van der Waals surface area (Å²) >= 11 is 0. The Balaban J connectivity index is 0.00000280. The highest BCUT2D eigenvalue weighted by Gasteiger charge is 2.29. The maximum absolute atomic E-state index is 13.3. The van der Waals surface area contributed by atoms with Crippen molar-refractivity contribution < 1.29 is 13.2 Å². The van der Waals surface area contributed by atoms with E-state index >= 15 is 0 Å². The van der Waals surface area contributed by atoms with Crippen molar-refractivity contribution in [1.29, 1.82) is 0 Å². The smallest absolute Gasteiger partial charge is 0.264 e. The summed E-state index contributed by atoms with van der Waals surface area (Å²) in [5.41, 5.74) is 7.71. The highest BCUT2D eigenvalue weighted by atomic mass is 35.5. The first kappa shape index (κ1) is 22.2. The molecular weight excluding hydrogens is 398 g/mol. The quantitative estimate of drug-likeness (QED) is 0.801. The summed E-state index contributed by atoms with van der Waals surface area (Å²) in [5, 5.41) is 0. The number of rotatable bonds is 5. The van der Waals surface area contributed by atoms with Crippen molar-refractivity contribution in [2.24, 2.45) is 5.73 Å². The lowest BCUT2D eigenvalue weighted by atomic mass is 10.0. The number of amides is 1. The monoisotopic (exact) mass is 423 g/mol. The Hall–Kier alpha value is -2.09. The third-order valence-electron chi connectivity index (χ3n) is 5.06. The molecule has 1 aliphatic heterocycles. The maximum Gasteiger partial charge on any atom is 0.264 e. The van der Waals surface area contributed by atoms with Crippen LogP contribution in [-0.4, -0.2) is 45.4 Å². The number of fused-ring (bicyclic) bond motifs is 1. The zero-order chi connectivity index (χ0) is 19.6. The summed E-state index contributed by atoms with van der Waals surface area (Å²) < 4.78 is 28.0. The fourth-order valence-corrected chi connectivity index (χ4v) is 4.81. The van der Waals surface area contributed by atoms with Gasteiger partial charge in [0, 0.05) is 31.7 Å². The average molecular weight is 424 g/mol. The van der Waals surface area contributed by atoms with E-state index in [1.54, 1.807) is 19.2 Å². The molecule has 28 heavy (non-hydrogen) atoms. The minimum Gasteiger partial charge on any atom is -0.338 e. The molecule has 1 amide bonds. The Kier molecular flexibility index (Phi) is 7.09. The topological polar surface area (TPSA) is 83.7 Å². The Morgan fingerprint density at radius 1 is 1.21 bits per heavy atom. The molecule has 152 valence electrons. The number of halogens is 1. The number of para-hydroxylation sites is 1. The summed E-state index contributed by atoms with van der Waals surface area (Å²) in [5.74, 6) is -0.246. The molecule has 1 unspecified atom stereocenters. The number of carbonyl (C=O) groups is 1. The van der Waals surface area contributed by atoms with Crippen LogP contribution in [0.15, 0.2) is 53.4 Å². The fourth-order valence-electron chi connectivity index (χ4n) is 3.23. The van der Waals surface area contributed by atoms with Gasteiger partial charge in [-0.3, -0.25) is 9.10 Å². The van der Waals surface area contributed by atoms with Crippen molar-refractivity contribution in [2.45, 2.75) is 30.7 Å². The van der Waals surface area contributed by atoms with Crippen molar-refractivity contribution in [1.82, 2.24) is 4.90 Å². The van der Waals surface area contributed by atoms with E-state index < -0.39 is 10.0 Å². The van der Waals surface area contributed by atoms with Crippen LogP contribution >= 0.6 is 12.4 Å². The average Bonchev–Trinajstić information content (AvgIpc) is 2.71. The van der Waals surface area contributed by atoms with Gasteiger partial charge in [0.2, 0.25) is 0 Å². The normalized spacial score (nSPS) is 14.6. The molecule has 0 aliphatic carbocycles. The van der Waals surface area contributed by atoms with Crippen molar-refractivity contribution >= 4 is 34.0 Å². The van der Waals surface area contributed by atoms with E-state index in [-0.39, 0.29) is 29.3 Å². The predicted octanol–water partition coefficient (Wildman–Crippen LogP) is 2.67. The molecule has 2 N–H and O–H groups in total. The molecule has 0 saturated heterocycles. The first-order valence-electron chi connectivity index (χ1n) is 9.04. The maximum atomic E-state index is 13.3. The highest BCUT2D eigenvalue weighted by molar-refractivity contribution is 7.92. The van der Waals surface area contributed by atoms with Crippen LogP contribution in [0.2, 0.25) is 0 Å². The van der Waals surface area contributed by atoms with E-state index in [0.717, 1.165) is 18.4 Å². The standard InChI is InChI=1S/C20H25N3O3S.ClH/c1-15(14-21)22(2)20(24)17-8-5-10-18(13-17)27(25,26)23-12-6-9-16-7-3-4-11-19(16)23;/h3-5,7-8,10-11,13,15H,6,9,12,14,21H2,1-2H3;1H. The summed E-state index contributed by atoms with van der Waals surface area (Å²) in [6, 6.07) is 13.6. The van der Waals surface area contributed by atoms with E-state index in [2.05, 4.69) is 0 Å². The van der Waals surface area contributed by atoms with Crippen LogP contribution in [0.1, 0.15) is 29.3 Å². The second-order valence-electron chi connectivity index (χ2n) is 6.84. The number of anilines is 1. The molecule has 0 fully saturated rings. The van der Waals surface area contributed by atoms with Crippen LogP contribution < -0.4 is 10.0 Å². The minimum atomic E-state index is -3.75. The molecule has 0 saturated carbocycles. The number of sulfonamides is 1. The Bertz CT molecular complexity index is 949. The Morgan fingerprint density at radius 2 is 1.93 bits per heavy atom. The van der Waals surface area contributed by atoms with Gasteiger partial charge in [-0.1, -0.05) is 24.3 Å². The van der Waals surface area contributed by atoms with Gasteiger partial charge in [0.15, 0.2) is 0 Å². The molecule has 0 radical (unpaired) electrons. The van der Waals surface area contributed by atoms with Crippen LogP contribution in [0.3, 0.4) is 0 Å². The van der Waals surface area contributed by atoms with Gasteiger partial charge in [-0.2, -0.15) is 0 Å². The second kappa shape index (κ2) is 8.94. The number of likely N-dealkylation sites (N-methyl/N-ethyl adjacent to an activating group) is 1. The number of benzene rings is 2. The Morgan fingerprint density at radius 3 is 2.64 bits per heavy atom. The fraction of sp³-hybridized carbons (Fsp3) is 0.350. The Labute approximate surface area is 172 Å². The lowest BCUT2D eigenvalue weighted by Crippen LogP contribution is -2.40. The highest BCUT2D eigenvalue weighted by Crippen LogP contribution is 2.32. The SMILES string of the molecule is CC(CN)N(C)C(=O)c1cccc(S(=O)(=O)N2CCCc3ccccc32)c1.Cl. The van der Waals surface area contributed by atoms with Gasteiger partial charge in [-0.15, -0.1) is 12.4 Å². The zero-order valence-electron chi connectivity index (χ0n) is 16.0. The third kappa shape index (κ3) is 4.16. The van der Waals surface area contributed by atoms with Gasteiger partial charge in [-0.05, 0) is 49.6 Å². The molecule has 3 rings (SSSR count). The van der Waals surface area contributed by atoms with Gasteiger partial charge < -0.3 is 10.6 Å². The first-order chi connectivity index (χ1) is 12.9. The minimum absolute atomic E-state index is 0. The van der Waals surface area contributed by atoms with Gasteiger partial charge >= 0.3 is 0 Å². The number of nitrogens with zero attached hydrogens (tertiary/aromatic N) is 2. The largest absolute Gasteiger partial charge is 0.338 e. The third-order valence-corrected chi connectivity index (χ3v) is 6.87. The molecule has 8 heteroatoms. The number of carbonyl (C=O) groups excluding carboxylic acids is 1. The van der Waals surface area contributed by atoms with Gasteiger partial charge in [0.25, 0.3) is 15.9 Å². The van der Waals surface area contributed by atoms with Gasteiger partial charge in [0.1, 0.15) is 0 Å². The lowest BCUT2D eigenvalue weighted by Gasteiger charge is -2.30. The summed E-state index contributed by atoms with van der Waals surface area (Å²) in [4.78, 5) is 14.3. The summed E-state index contributed by atoms with van der Waals surface area (Å²) in [6.45, 7) is 2.62. The number of aryl methyl sites for hydroxylation is 1. The van der Waals surface area contributed by atoms with Crippen LogP contribution in [-0.2, 0) is 16.4 Å². The van der Waals surface area contributed by atoms with Crippen LogP contribution in [0.5, 0.6) is 0 Å². The van der Waals surface area contributed by atoms with Crippen LogP contribution in [0, 0.1) is 0 Å². The molecule has 2 aromatic carbocycles. The second-order valence-corrected chi connectivity index (χ2v) is 8.70. The summed E-state index contributed by atoms with van der Waals surface area (Å²) in [6.07, 6.45) is 1.63. The van der Waals surface area contributed by atoms with E-state index in [9.17, 15) is 13.2 Å². The lowest BCUT2D eigenvalue weighted by molar-refractivity contribution is 0.0748. The molecule has 0 spiro atoms.